The van der Waals surface area contributed by atoms with Crippen LogP contribution in [0.25, 0.3) is 0 Å². The molecule has 1 atom stereocenters. The first kappa shape index (κ1) is 13.8. The van der Waals surface area contributed by atoms with Crippen LogP contribution in [0.4, 0.5) is 4.79 Å². The van der Waals surface area contributed by atoms with Gasteiger partial charge in [-0.25, -0.2) is 9.59 Å². The summed E-state index contributed by atoms with van der Waals surface area (Å²) < 4.78 is 5.06. The number of urea groups is 1. The fourth-order valence-electron chi connectivity index (χ4n) is 1.87. The number of thioether (sulfide) groups is 1. The first-order valence-corrected chi connectivity index (χ1v) is 7.14. The molecule has 104 valence electrons. The fraction of sp³-hybridized carbons (Fsp3) is 0.500. The Morgan fingerprint density at radius 2 is 2.37 bits per heavy atom. The Balaban J connectivity index is 1.83. The van der Waals surface area contributed by atoms with E-state index in [0.29, 0.717) is 5.76 Å². The molecule has 7 heteroatoms. The number of hydrogen-bond donors (Lipinski definition) is 2. The number of aromatic carboxylic acids is 1. The summed E-state index contributed by atoms with van der Waals surface area (Å²) >= 11 is 1.84. The van der Waals surface area contributed by atoms with E-state index in [-0.39, 0.29) is 24.4 Å². The minimum absolute atomic E-state index is 0.121. The van der Waals surface area contributed by atoms with Crippen LogP contribution in [0.2, 0.25) is 0 Å². The van der Waals surface area contributed by atoms with E-state index in [1.807, 2.05) is 11.8 Å². The summed E-state index contributed by atoms with van der Waals surface area (Å²) in [4.78, 5) is 24.2. The number of amides is 2. The highest BCUT2D eigenvalue weighted by atomic mass is 32.2. The van der Waals surface area contributed by atoms with Crippen LogP contribution in [0.3, 0.4) is 0 Å². The maximum Gasteiger partial charge on any atom is 0.371 e. The predicted octanol–water partition coefficient (Wildman–Crippen LogP) is 1.62. The Labute approximate surface area is 115 Å². The standard InChI is InChI=1S/C12H16N2O4S/c1-14(8-4-5-19-7-8)12(17)13-6-9-2-3-10(18-9)11(15)16/h2-3,8H,4-7H2,1H3,(H,13,17)(H,15,16). The zero-order valence-corrected chi connectivity index (χ0v) is 11.4. The molecule has 0 saturated carbocycles. The minimum atomic E-state index is -1.11. The van der Waals surface area contributed by atoms with Crippen molar-refractivity contribution in [3.8, 4) is 0 Å². The number of hydrogen-bond acceptors (Lipinski definition) is 4. The second kappa shape index (κ2) is 6.01. The second-order valence-electron chi connectivity index (χ2n) is 4.36. The van der Waals surface area contributed by atoms with Crippen LogP contribution >= 0.6 is 11.8 Å². The van der Waals surface area contributed by atoms with E-state index < -0.39 is 5.97 Å². The van der Waals surface area contributed by atoms with Crippen molar-refractivity contribution >= 4 is 23.8 Å². The van der Waals surface area contributed by atoms with Crippen molar-refractivity contribution in [1.82, 2.24) is 10.2 Å². The number of furan rings is 1. The Morgan fingerprint density at radius 3 is 2.95 bits per heavy atom. The summed E-state index contributed by atoms with van der Waals surface area (Å²) in [6, 6.07) is 3.04. The summed E-state index contributed by atoms with van der Waals surface area (Å²) in [7, 11) is 1.77. The van der Waals surface area contributed by atoms with Crippen molar-refractivity contribution in [2.24, 2.45) is 0 Å². The van der Waals surface area contributed by atoms with E-state index in [0.717, 1.165) is 17.9 Å². The van der Waals surface area contributed by atoms with Gasteiger partial charge in [-0.05, 0) is 24.3 Å². The topological polar surface area (TPSA) is 82.8 Å². The number of rotatable bonds is 4. The van der Waals surface area contributed by atoms with Gasteiger partial charge in [-0.15, -0.1) is 0 Å². The largest absolute Gasteiger partial charge is 0.475 e. The molecule has 6 nitrogen and oxygen atoms in total. The van der Waals surface area contributed by atoms with Gasteiger partial charge in [-0.2, -0.15) is 11.8 Å². The lowest BCUT2D eigenvalue weighted by atomic mass is 10.2. The van der Waals surface area contributed by atoms with E-state index in [2.05, 4.69) is 5.32 Å². The molecule has 0 aromatic carbocycles. The smallest absolute Gasteiger partial charge is 0.371 e. The maximum atomic E-state index is 11.9. The summed E-state index contributed by atoms with van der Waals surface area (Å²) in [5.74, 6) is 1.25. The minimum Gasteiger partial charge on any atom is -0.475 e. The quantitative estimate of drug-likeness (QED) is 0.878. The molecule has 2 heterocycles. The average Bonchev–Trinajstić information content (AvgIpc) is 3.05. The van der Waals surface area contributed by atoms with Gasteiger partial charge in [-0.3, -0.25) is 0 Å². The molecule has 2 N–H and O–H groups in total. The van der Waals surface area contributed by atoms with Crippen LogP contribution in [-0.4, -0.2) is 46.6 Å². The molecule has 1 fully saturated rings. The average molecular weight is 284 g/mol. The van der Waals surface area contributed by atoms with E-state index in [9.17, 15) is 9.59 Å². The van der Waals surface area contributed by atoms with E-state index in [1.54, 1.807) is 18.0 Å². The maximum absolute atomic E-state index is 11.9. The molecule has 1 aliphatic heterocycles. The molecule has 1 aromatic heterocycles. The van der Waals surface area contributed by atoms with E-state index >= 15 is 0 Å². The van der Waals surface area contributed by atoms with Crippen LogP contribution in [0, 0.1) is 0 Å². The molecule has 0 radical (unpaired) electrons. The number of carboxylic acids is 1. The van der Waals surface area contributed by atoms with Crippen LogP contribution in [-0.2, 0) is 6.54 Å². The third-order valence-corrected chi connectivity index (χ3v) is 4.20. The van der Waals surface area contributed by atoms with Crippen LogP contribution in [0.15, 0.2) is 16.5 Å². The molecule has 0 bridgehead atoms. The summed E-state index contributed by atoms with van der Waals surface area (Å²) in [6.07, 6.45) is 1.01. The second-order valence-corrected chi connectivity index (χ2v) is 5.51. The van der Waals surface area contributed by atoms with Crippen LogP contribution < -0.4 is 5.32 Å². The van der Waals surface area contributed by atoms with Crippen molar-refractivity contribution in [1.29, 1.82) is 0 Å². The molecular weight excluding hydrogens is 268 g/mol. The first-order chi connectivity index (χ1) is 9.08. The lowest BCUT2D eigenvalue weighted by Gasteiger charge is -2.23. The third-order valence-electron chi connectivity index (χ3n) is 3.06. The number of nitrogens with zero attached hydrogens (tertiary/aromatic N) is 1. The molecule has 2 rings (SSSR count). The third kappa shape index (κ3) is 3.44. The van der Waals surface area contributed by atoms with Gasteiger partial charge in [0.15, 0.2) is 0 Å². The number of carbonyl (C=O) groups is 2. The summed E-state index contributed by atoms with van der Waals surface area (Å²) in [5, 5.41) is 11.4. The highest BCUT2D eigenvalue weighted by Gasteiger charge is 2.23. The molecular formula is C12H16N2O4S. The highest BCUT2D eigenvalue weighted by molar-refractivity contribution is 7.99. The van der Waals surface area contributed by atoms with E-state index in [1.165, 1.54) is 6.07 Å². The highest BCUT2D eigenvalue weighted by Crippen LogP contribution is 2.21. The lowest BCUT2D eigenvalue weighted by molar-refractivity contribution is 0.0660. The van der Waals surface area contributed by atoms with Crippen molar-refractivity contribution in [3.05, 3.63) is 23.7 Å². The van der Waals surface area contributed by atoms with Gasteiger partial charge in [0, 0.05) is 18.8 Å². The molecule has 1 saturated heterocycles. The number of carboxylic acid groups (broad SMARTS) is 1. The first-order valence-electron chi connectivity index (χ1n) is 5.98. The van der Waals surface area contributed by atoms with Gasteiger partial charge in [0.05, 0.1) is 6.54 Å². The van der Waals surface area contributed by atoms with Crippen molar-refractivity contribution in [3.63, 3.8) is 0 Å². The molecule has 1 unspecified atom stereocenters. The molecule has 2 amide bonds. The zero-order chi connectivity index (χ0) is 13.8. The Hall–Kier alpha value is -1.63. The number of carbonyl (C=O) groups excluding carboxylic acids is 1. The lowest BCUT2D eigenvalue weighted by Crippen LogP contribution is -2.43. The van der Waals surface area contributed by atoms with Gasteiger partial charge < -0.3 is 19.7 Å². The number of nitrogens with one attached hydrogen (secondary N) is 1. The van der Waals surface area contributed by atoms with Crippen LogP contribution in [0.5, 0.6) is 0 Å². The Morgan fingerprint density at radius 1 is 1.58 bits per heavy atom. The monoisotopic (exact) mass is 284 g/mol. The van der Waals surface area contributed by atoms with Crippen LogP contribution in [0.1, 0.15) is 22.7 Å². The van der Waals surface area contributed by atoms with Gasteiger partial charge in [0.1, 0.15) is 5.76 Å². The van der Waals surface area contributed by atoms with Gasteiger partial charge >= 0.3 is 12.0 Å². The zero-order valence-electron chi connectivity index (χ0n) is 10.6. The fourth-order valence-corrected chi connectivity index (χ4v) is 3.14. The Kier molecular flexibility index (Phi) is 4.36. The summed E-state index contributed by atoms with van der Waals surface area (Å²) in [5.41, 5.74) is 0. The normalized spacial score (nSPS) is 18.3. The molecule has 0 aliphatic carbocycles. The van der Waals surface area contributed by atoms with Gasteiger partial charge in [-0.1, -0.05) is 0 Å². The SMILES string of the molecule is CN(C(=O)NCc1ccc(C(=O)O)o1)C1CCSC1. The predicted molar refractivity (Wildman–Crippen MR) is 71.4 cm³/mol. The molecule has 1 aliphatic rings. The van der Waals surface area contributed by atoms with Crippen molar-refractivity contribution in [2.45, 2.75) is 19.0 Å². The van der Waals surface area contributed by atoms with E-state index in [4.69, 9.17) is 9.52 Å². The van der Waals surface area contributed by atoms with Crippen molar-refractivity contribution in [2.75, 3.05) is 18.6 Å². The molecule has 1 aromatic rings. The molecule has 19 heavy (non-hydrogen) atoms. The molecule has 0 spiro atoms. The van der Waals surface area contributed by atoms with Gasteiger partial charge in [0.2, 0.25) is 5.76 Å². The Bertz CT molecular complexity index is 468. The summed E-state index contributed by atoms with van der Waals surface area (Å²) in [6.45, 7) is 0.191. The van der Waals surface area contributed by atoms with Gasteiger partial charge in [0.25, 0.3) is 0 Å². The van der Waals surface area contributed by atoms with Crippen molar-refractivity contribution < 1.29 is 19.1 Å².